The molecule has 1 aliphatic carbocycles. The van der Waals surface area contributed by atoms with Gasteiger partial charge in [0.2, 0.25) is 0 Å². The highest BCUT2D eigenvalue weighted by Crippen LogP contribution is 2.30. The lowest BCUT2D eigenvalue weighted by molar-refractivity contribution is -0.155. The van der Waals surface area contributed by atoms with Crippen LogP contribution < -0.4 is 0 Å². The van der Waals surface area contributed by atoms with E-state index in [1.54, 1.807) is 0 Å². The summed E-state index contributed by atoms with van der Waals surface area (Å²) in [5.41, 5.74) is 0. The van der Waals surface area contributed by atoms with E-state index in [1.165, 1.54) is 6.92 Å². The maximum absolute atomic E-state index is 10.6. The number of ketones is 1. The standard InChI is InChI=1S/C8H12O4.C6H10O3/c9-7(10)5-3-1-2-4-6(5)8(11)12;1-5(7)3-2-4-6(8)9/h5-6H,1-4H2,(H,9,10)(H,11,12);2-4H2,1H3,(H,8,9). The first kappa shape index (κ1) is 19.1. The number of aliphatic carboxylic acids is 3. The lowest BCUT2D eigenvalue weighted by Crippen LogP contribution is -2.32. The second-order valence-electron chi connectivity index (χ2n) is 5.12. The Balaban J connectivity index is 0.000000400. The van der Waals surface area contributed by atoms with Gasteiger partial charge in [-0.3, -0.25) is 14.4 Å². The minimum Gasteiger partial charge on any atom is -0.481 e. The van der Waals surface area contributed by atoms with E-state index < -0.39 is 29.7 Å². The fourth-order valence-corrected chi connectivity index (χ4v) is 2.21. The van der Waals surface area contributed by atoms with Gasteiger partial charge in [0.05, 0.1) is 11.8 Å². The largest absolute Gasteiger partial charge is 0.481 e. The first-order valence-electron chi connectivity index (χ1n) is 6.92. The van der Waals surface area contributed by atoms with Gasteiger partial charge in [0, 0.05) is 12.8 Å². The summed E-state index contributed by atoms with van der Waals surface area (Å²) < 4.78 is 0. The number of carbonyl (C=O) groups excluding carboxylic acids is 1. The van der Waals surface area contributed by atoms with Crippen LogP contribution in [0.5, 0.6) is 0 Å². The molecule has 0 heterocycles. The second-order valence-corrected chi connectivity index (χ2v) is 5.12. The molecule has 21 heavy (non-hydrogen) atoms. The molecule has 0 aromatic carbocycles. The van der Waals surface area contributed by atoms with Crippen LogP contribution in [-0.2, 0) is 19.2 Å². The molecular weight excluding hydrogens is 280 g/mol. The maximum Gasteiger partial charge on any atom is 0.307 e. The van der Waals surface area contributed by atoms with Gasteiger partial charge in [-0.1, -0.05) is 12.8 Å². The Morgan fingerprint density at radius 3 is 1.57 bits per heavy atom. The summed E-state index contributed by atoms with van der Waals surface area (Å²) in [5.74, 6) is -4.07. The Morgan fingerprint density at radius 1 is 0.857 bits per heavy atom. The van der Waals surface area contributed by atoms with Crippen LogP contribution in [0.2, 0.25) is 0 Å². The van der Waals surface area contributed by atoms with Crippen molar-refractivity contribution in [1.29, 1.82) is 0 Å². The first-order chi connectivity index (χ1) is 9.75. The van der Waals surface area contributed by atoms with E-state index in [0.29, 0.717) is 25.7 Å². The third-order valence-electron chi connectivity index (χ3n) is 3.32. The molecule has 0 aromatic rings. The van der Waals surface area contributed by atoms with Crippen LogP contribution in [0.3, 0.4) is 0 Å². The Labute approximate surface area is 123 Å². The quantitative estimate of drug-likeness (QED) is 0.682. The molecule has 0 aliphatic heterocycles. The van der Waals surface area contributed by atoms with E-state index in [4.69, 9.17) is 15.3 Å². The molecule has 7 nitrogen and oxygen atoms in total. The van der Waals surface area contributed by atoms with Crippen LogP contribution in [-0.4, -0.2) is 39.0 Å². The average Bonchev–Trinajstić information content (AvgIpc) is 2.38. The van der Waals surface area contributed by atoms with Crippen LogP contribution in [0.4, 0.5) is 0 Å². The number of carbonyl (C=O) groups is 4. The topological polar surface area (TPSA) is 129 Å². The summed E-state index contributed by atoms with van der Waals surface area (Å²) in [7, 11) is 0. The molecule has 1 rings (SSSR count). The monoisotopic (exact) mass is 302 g/mol. The summed E-state index contributed by atoms with van der Waals surface area (Å²) in [5, 5.41) is 25.5. The van der Waals surface area contributed by atoms with Crippen LogP contribution >= 0.6 is 0 Å². The number of hydrogen-bond donors (Lipinski definition) is 3. The van der Waals surface area contributed by atoms with Gasteiger partial charge in [0.1, 0.15) is 5.78 Å². The van der Waals surface area contributed by atoms with Crippen molar-refractivity contribution in [2.45, 2.75) is 51.9 Å². The molecule has 7 heteroatoms. The molecule has 1 fully saturated rings. The number of hydrogen-bond acceptors (Lipinski definition) is 4. The fraction of sp³-hybridized carbons (Fsp3) is 0.714. The lowest BCUT2D eigenvalue weighted by Gasteiger charge is -2.24. The van der Waals surface area contributed by atoms with Crippen molar-refractivity contribution in [2.75, 3.05) is 0 Å². The maximum atomic E-state index is 10.6. The zero-order valence-corrected chi connectivity index (χ0v) is 12.1. The van der Waals surface area contributed by atoms with Crippen LogP contribution in [0.1, 0.15) is 51.9 Å². The van der Waals surface area contributed by atoms with Crippen molar-refractivity contribution in [3.63, 3.8) is 0 Å². The SMILES string of the molecule is CC(=O)CCCC(=O)O.O=C(O)C1CCCCC1C(=O)O. The van der Waals surface area contributed by atoms with Crippen LogP contribution in [0, 0.1) is 11.8 Å². The van der Waals surface area contributed by atoms with Crippen molar-refractivity contribution in [1.82, 2.24) is 0 Å². The van der Waals surface area contributed by atoms with E-state index in [1.807, 2.05) is 0 Å². The molecule has 2 atom stereocenters. The summed E-state index contributed by atoms with van der Waals surface area (Å²) in [6, 6.07) is 0. The summed E-state index contributed by atoms with van der Waals surface area (Å²) in [4.78, 5) is 41.3. The molecule has 0 saturated heterocycles. The molecular formula is C14H22O7. The first-order valence-corrected chi connectivity index (χ1v) is 6.92. The highest BCUT2D eigenvalue weighted by Gasteiger charge is 2.35. The third kappa shape index (κ3) is 8.78. The zero-order valence-electron chi connectivity index (χ0n) is 12.1. The Bertz CT molecular complexity index is 353. The zero-order chi connectivity index (χ0) is 16.4. The lowest BCUT2D eigenvalue weighted by atomic mass is 9.79. The average molecular weight is 302 g/mol. The third-order valence-corrected chi connectivity index (χ3v) is 3.32. The van der Waals surface area contributed by atoms with Crippen LogP contribution in [0.15, 0.2) is 0 Å². The molecule has 0 spiro atoms. The van der Waals surface area contributed by atoms with Gasteiger partial charge in [-0.2, -0.15) is 0 Å². The molecule has 2 unspecified atom stereocenters. The highest BCUT2D eigenvalue weighted by molar-refractivity contribution is 5.80. The number of carboxylic acids is 3. The Morgan fingerprint density at radius 2 is 1.29 bits per heavy atom. The minimum atomic E-state index is -0.970. The Kier molecular flexibility index (Phi) is 9.00. The van der Waals surface area contributed by atoms with Crippen molar-refractivity contribution >= 4 is 23.7 Å². The van der Waals surface area contributed by atoms with E-state index in [9.17, 15) is 19.2 Å². The van der Waals surface area contributed by atoms with Gasteiger partial charge >= 0.3 is 17.9 Å². The van der Waals surface area contributed by atoms with Gasteiger partial charge in [-0.15, -0.1) is 0 Å². The Hall–Kier alpha value is -1.92. The van der Waals surface area contributed by atoms with Gasteiger partial charge < -0.3 is 20.1 Å². The second kappa shape index (κ2) is 9.90. The molecule has 120 valence electrons. The van der Waals surface area contributed by atoms with E-state index >= 15 is 0 Å². The van der Waals surface area contributed by atoms with Gasteiger partial charge in [0.15, 0.2) is 0 Å². The van der Waals surface area contributed by atoms with Crippen molar-refractivity contribution in [2.24, 2.45) is 11.8 Å². The van der Waals surface area contributed by atoms with Crippen molar-refractivity contribution in [3.8, 4) is 0 Å². The smallest absolute Gasteiger partial charge is 0.307 e. The number of carboxylic acid groups (broad SMARTS) is 3. The minimum absolute atomic E-state index is 0.0521. The molecule has 3 N–H and O–H groups in total. The molecule has 0 aromatic heterocycles. The predicted molar refractivity (Wildman–Crippen MR) is 72.9 cm³/mol. The molecule has 0 amide bonds. The predicted octanol–water partition coefficient (Wildman–Crippen LogP) is 1.79. The molecule has 0 bridgehead atoms. The van der Waals surface area contributed by atoms with Crippen LogP contribution in [0.25, 0.3) is 0 Å². The summed E-state index contributed by atoms with van der Waals surface area (Å²) >= 11 is 0. The molecule has 0 radical (unpaired) electrons. The van der Waals surface area contributed by atoms with Crippen molar-refractivity contribution < 1.29 is 34.5 Å². The van der Waals surface area contributed by atoms with Gasteiger partial charge in [0.25, 0.3) is 0 Å². The fourth-order valence-electron chi connectivity index (χ4n) is 2.21. The normalized spacial score (nSPS) is 20.8. The van der Waals surface area contributed by atoms with Gasteiger partial charge in [-0.25, -0.2) is 0 Å². The number of Topliss-reactive ketones (excluding diaryl/α,β-unsaturated/α-hetero) is 1. The summed E-state index contributed by atoms with van der Waals surface area (Å²) in [6.07, 6.45) is 3.62. The van der Waals surface area contributed by atoms with Gasteiger partial charge in [-0.05, 0) is 26.2 Å². The molecule has 1 aliphatic rings. The molecule has 1 saturated carbocycles. The van der Waals surface area contributed by atoms with E-state index in [2.05, 4.69) is 0 Å². The van der Waals surface area contributed by atoms with E-state index in [-0.39, 0.29) is 12.2 Å². The highest BCUT2D eigenvalue weighted by atomic mass is 16.4. The van der Waals surface area contributed by atoms with Crippen molar-refractivity contribution in [3.05, 3.63) is 0 Å². The van der Waals surface area contributed by atoms with E-state index in [0.717, 1.165) is 12.8 Å². The number of rotatable bonds is 6. The summed E-state index contributed by atoms with van der Waals surface area (Å²) in [6.45, 7) is 1.46.